The number of carbonyl (C=O) groups is 2. The lowest BCUT2D eigenvalue weighted by Crippen LogP contribution is -2.54. The van der Waals surface area contributed by atoms with Gasteiger partial charge in [-0.25, -0.2) is 8.42 Å². The van der Waals surface area contributed by atoms with E-state index in [0.717, 1.165) is 19.3 Å². The van der Waals surface area contributed by atoms with Gasteiger partial charge in [0, 0.05) is 6.42 Å². The summed E-state index contributed by atoms with van der Waals surface area (Å²) in [4.78, 5) is 24.5. The second-order valence-electron chi connectivity index (χ2n) is 6.95. The number of amides is 2. The minimum atomic E-state index is -3.59. The molecule has 2 N–H and O–H groups in total. The maximum absolute atomic E-state index is 12.6. The molecule has 0 bridgehead atoms. The lowest BCUT2D eigenvalue weighted by molar-refractivity contribution is -0.129. The van der Waals surface area contributed by atoms with E-state index in [1.807, 2.05) is 6.92 Å². The lowest BCUT2D eigenvalue weighted by atomic mass is 10.0. The van der Waals surface area contributed by atoms with Crippen molar-refractivity contribution < 1.29 is 18.0 Å². The first-order valence-corrected chi connectivity index (χ1v) is 9.81. The number of nitrogens with one attached hydrogen (secondary N) is 2. The molecule has 0 aromatic rings. The van der Waals surface area contributed by atoms with E-state index in [9.17, 15) is 18.0 Å². The van der Waals surface area contributed by atoms with Crippen molar-refractivity contribution in [3.63, 3.8) is 0 Å². The van der Waals surface area contributed by atoms with E-state index in [1.165, 1.54) is 0 Å². The van der Waals surface area contributed by atoms with Crippen LogP contribution in [0.1, 0.15) is 58.3 Å². The molecule has 3 fully saturated rings. The molecule has 0 heterocycles. The number of hydrogen-bond donors (Lipinski definition) is 2. The Morgan fingerprint density at radius 2 is 1.86 bits per heavy atom. The Labute approximate surface area is 131 Å². The van der Waals surface area contributed by atoms with Gasteiger partial charge in [0.15, 0.2) is 0 Å². The van der Waals surface area contributed by atoms with E-state index in [1.54, 1.807) is 0 Å². The average Bonchev–Trinajstić information content (AvgIpc) is 3.18. The predicted molar refractivity (Wildman–Crippen MR) is 81.3 cm³/mol. The molecule has 2 atom stereocenters. The van der Waals surface area contributed by atoms with Crippen molar-refractivity contribution in [1.29, 1.82) is 0 Å². The minimum Gasteiger partial charge on any atom is -0.341 e. The Balaban J connectivity index is 1.69. The molecule has 22 heavy (non-hydrogen) atoms. The Morgan fingerprint density at radius 1 is 1.18 bits per heavy atom. The highest BCUT2D eigenvalue weighted by Gasteiger charge is 2.66. The fourth-order valence-corrected chi connectivity index (χ4v) is 4.90. The molecule has 124 valence electrons. The van der Waals surface area contributed by atoms with Crippen LogP contribution < -0.4 is 10.0 Å². The van der Waals surface area contributed by atoms with Crippen molar-refractivity contribution in [1.82, 2.24) is 10.0 Å². The number of hydrogen-bond acceptors (Lipinski definition) is 4. The van der Waals surface area contributed by atoms with Gasteiger partial charge in [-0.3, -0.25) is 14.3 Å². The first kappa shape index (κ1) is 15.8. The molecule has 3 rings (SSSR count). The van der Waals surface area contributed by atoms with Gasteiger partial charge in [-0.05, 0) is 50.4 Å². The molecule has 3 aliphatic carbocycles. The maximum Gasteiger partial charge on any atom is 0.259 e. The van der Waals surface area contributed by atoms with Gasteiger partial charge in [-0.15, -0.1) is 0 Å². The summed E-state index contributed by atoms with van der Waals surface area (Å²) in [6.07, 6.45) is 5.90. The molecule has 3 saturated carbocycles. The normalized spacial score (nSPS) is 31.2. The first-order chi connectivity index (χ1) is 10.4. The zero-order valence-electron chi connectivity index (χ0n) is 12.9. The molecule has 0 unspecified atom stereocenters. The fourth-order valence-electron chi connectivity index (χ4n) is 3.34. The molecule has 7 heteroatoms. The smallest absolute Gasteiger partial charge is 0.259 e. The second-order valence-corrected chi connectivity index (χ2v) is 8.91. The van der Waals surface area contributed by atoms with E-state index in [-0.39, 0.29) is 11.8 Å². The van der Waals surface area contributed by atoms with Crippen molar-refractivity contribution in [2.45, 2.75) is 69.1 Å². The lowest BCUT2D eigenvalue weighted by Gasteiger charge is -2.27. The summed E-state index contributed by atoms with van der Waals surface area (Å²) in [5.41, 5.74) is -0.982. The third kappa shape index (κ3) is 2.87. The molecular formula is C15H24N2O4S. The summed E-state index contributed by atoms with van der Waals surface area (Å²) < 4.78 is 26.6. The highest BCUT2D eigenvalue weighted by Crippen LogP contribution is 2.57. The van der Waals surface area contributed by atoms with E-state index < -0.39 is 26.7 Å². The molecule has 2 amide bonds. The van der Waals surface area contributed by atoms with Crippen molar-refractivity contribution in [2.75, 3.05) is 0 Å². The van der Waals surface area contributed by atoms with E-state index in [4.69, 9.17) is 0 Å². The molecule has 0 aliphatic heterocycles. The van der Waals surface area contributed by atoms with Gasteiger partial charge in [0.1, 0.15) is 5.54 Å². The van der Waals surface area contributed by atoms with Crippen LogP contribution in [-0.4, -0.2) is 31.0 Å². The van der Waals surface area contributed by atoms with Gasteiger partial charge in [0.2, 0.25) is 15.9 Å². The van der Waals surface area contributed by atoms with Crippen molar-refractivity contribution >= 4 is 21.8 Å². The second kappa shape index (κ2) is 5.51. The van der Waals surface area contributed by atoms with Gasteiger partial charge >= 0.3 is 0 Å². The Bertz CT molecular complexity index is 580. The largest absolute Gasteiger partial charge is 0.341 e. The van der Waals surface area contributed by atoms with Crippen LogP contribution in [0, 0.1) is 11.8 Å². The predicted octanol–water partition coefficient (Wildman–Crippen LogP) is 1.07. The van der Waals surface area contributed by atoms with Crippen LogP contribution in [0.25, 0.3) is 0 Å². The Morgan fingerprint density at radius 3 is 2.36 bits per heavy atom. The van der Waals surface area contributed by atoms with Gasteiger partial charge in [0.25, 0.3) is 5.91 Å². The maximum atomic E-state index is 12.6. The molecular weight excluding hydrogens is 304 g/mol. The molecule has 0 aromatic carbocycles. The van der Waals surface area contributed by atoms with Crippen LogP contribution in [0.3, 0.4) is 0 Å². The molecule has 0 saturated heterocycles. The van der Waals surface area contributed by atoms with Crippen LogP contribution in [0.5, 0.6) is 0 Å². The van der Waals surface area contributed by atoms with Crippen LogP contribution in [0.2, 0.25) is 0 Å². The Hall–Kier alpha value is -1.11. The number of sulfonamides is 1. The zero-order chi connectivity index (χ0) is 16.0. The summed E-state index contributed by atoms with van der Waals surface area (Å²) >= 11 is 0. The third-order valence-corrected chi connectivity index (χ3v) is 7.00. The van der Waals surface area contributed by atoms with Gasteiger partial charge in [0.05, 0.1) is 5.25 Å². The van der Waals surface area contributed by atoms with Gasteiger partial charge in [-0.2, -0.15) is 0 Å². The topological polar surface area (TPSA) is 92.3 Å². The van der Waals surface area contributed by atoms with Crippen LogP contribution in [-0.2, 0) is 19.6 Å². The minimum absolute atomic E-state index is 0.102. The monoisotopic (exact) mass is 328 g/mol. The van der Waals surface area contributed by atoms with Crippen molar-refractivity contribution in [3.05, 3.63) is 0 Å². The number of rotatable bonds is 7. The Kier molecular flexibility index (Phi) is 3.95. The summed E-state index contributed by atoms with van der Waals surface area (Å²) in [5.74, 6) is -0.133. The van der Waals surface area contributed by atoms with E-state index in [0.29, 0.717) is 38.0 Å². The van der Waals surface area contributed by atoms with Crippen LogP contribution >= 0.6 is 0 Å². The van der Waals surface area contributed by atoms with Gasteiger partial charge < -0.3 is 5.32 Å². The molecule has 0 aromatic heterocycles. The van der Waals surface area contributed by atoms with Crippen molar-refractivity contribution in [3.8, 4) is 0 Å². The van der Waals surface area contributed by atoms with E-state index >= 15 is 0 Å². The standard InChI is InChI=1S/C15H24N2O4S/c1-2-4-13(18)16-15(9-12(15)10-7-8-10)14(19)17-22(20,21)11-5-3-6-11/h10-12H,2-9H2,1H3,(H,16,18)(H,17,19)/t12-,15+/m0/s1. The molecule has 0 spiro atoms. The van der Waals surface area contributed by atoms with Crippen LogP contribution in [0.15, 0.2) is 0 Å². The molecule has 0 radical (unpaired) electrons. The summed E-state index contributed by atoms with van der Waals surface area (Å²) in [7, 11) is -3.59. The summed E-state index contributed by atoms with van der Waals surface area (Å²) in [6.45, 7) is 1.90. The number of carbonyl (C=O) groups excluding carboxylic acids is 2. The zero-order valence-corrected chi connectivity index (χ0v) is 13.7. The third-order valence-electron chi connectivity index (χ3n) is 5.18. The van der Waals surface area contributed by atoms with Crippen molar-refractivity contribution in [2.24, 2.45) is 11.8 Å². The quantitative estimate of drug-likeness (QED) is 0.731. The van der Waals surface area contributed by atoms with Crippen LogP contribution in [0.4, 0.5) is 0 Å². The SMILES string of the molecule is CCCC(=O)N[C@]1(C(=O)NS(=O)(=O)C2CCC2)C[C@H]1C1CC1. The average molecular weight is 328 g/mol. The van der Waals surface area contributed by atoms with E-state index in [2.05, 4.69) is 10.0 Å². The first-order valence-electron chi connectivity index (χ1n) is 8.26. The fraction of sp³-hybridized carbons (Fsp3) is 0.867. The molecule has 3 aliphatic rings. The van der Waals surface area contributed by atoms with Gasteiger partial charge in [-0.1, -0.05) is 13.3 Å². The summed E-state index contributed by atoms with van der Waals surface area (Å²) in [5, 5.41) is 2.38. The highest BCUT2D eigenvalue weighted by atomic mass is 32.2. The molecule has 6 nitrogen and oxygen atoms in total. The highest BCUT2D eigenvalue weighted by molar-refractivity contribution is 7.90. The summed E-state index contributed by atoms with van der Waals surface area (Å²) in [6, 6.07) is 0.